The lowest BCUT2D eigenvalue weighted by atomic mass is 9.58. The van der Waals surface area contributed by atoms with Crippen LogP contribution in [0.25, 0.3) is 0 Å². The zero-order valence-corrected chi connectivity index (χ0v) is 12.0. The van der Waals surface area contributed by atoms with Crippen molar-refractivity contribution in [3.8, 4) is 0 Å². The van der Waals surface area contributed by atoms with Crippen LogP contribution in [0.15, 0.2) is 0 Å². The van der Waals surface area contributed by atoms with Crippen LogP contribution in [-0.4, -0.2) is 12.1 Å². The van der Waals surface area contributed by atoms with Gasteiger partial charge >= 0.3 is 0 Å². The summed E-state index contributed by atoms with van der Waals surface area (Å²) in [5.74, 6) is 1.71. The number of hydrogen-bond acceptors (Lipinski definition) is 1. The molecule has 2 unspecified atom stereocenters. The van der Waals surface area contributed by atoms with E-state index in [2.05, 4.69) is 46.9 Å². The number of rotatable bonds is 0. The Balaban J connectivity index is 2.30. The Morgan fingerprint density at radius 1 is 0.938 bits per heavy atom. The first-order chi connectivity index (χ1) is 7.17. The van der Waals surface area contributed by atoms with Crippen LogP contribution in [0.4, 0.5) is 0 Å². The molecule has 94 valence electrons. The standard InChI is InChI=1S/C15H29N/c1-13(2,3)11-7-10-16-15(8-9-15)12(11)14(4,5)6/h11-12,16H,7-10H2,1-6H3. The predicted octanol–water partition coefficient (Wildman–Crippen LogP) is 3.84. The Morgan fingerprint density at radius 3 is 1.88 bits per heavy atom. The molecule has 2 atom stereocenters. The molecule has 0 radical (unpaired) electrons. The molecule has 1 aliphatic heterocycles. The summed E-state index contributed by atoms with van der Waals surface area (Å²) in [6, 6.07) is 0. The first-order valence-electron chi connectivity index (χ1n) is 6.92. The Hall–Kier alpha value is -0.0400. The molecule has 0 bridgehead atoms. The van der Waals surface area contributed by atoms with E-state index in [4.69, 9.17) is 0 Å². The molecule has 1 saturated heterocycles. The average Bonchev–Trinajstić information content (AvgIpc) is 2.81. The van der Waals surface area contributed by atoms with Crippen LogP contribution in [0.5, 0.6) is 0 Å². The summed E-state index contributed by atoms with van der Waals surface area (Å²) in [7, 11) is 0. The molecule has 0 amide bonds. The van der Waals surface area contributed by atoms with Gasteiger partial charge in [0, 0.05) is 5.54 Å². The Kier molecular flexibility index (Phi) is 2.70. The first-order valence-corrected chi connectivity index (χ1v) is 6.92. The van der Waals surface area contributed by atoms with Gasteiger partial charge in [0.1, 0.15) is 0 Å². The normalized spacial score (nSPS) is 34.1. The van der Waals surface area contributed by atoms with E-state index in [0.29, 0.717) is 16.4 Å². The summed E-state index contributed by atoms with van der Waals surface area (Å²) in [5.41, 5.74) is 1.39. The van der Waals surface area contributed by atoms with Crippen molar-refractivity contribution in [1.82, 2.24) is 5.32 Å². The Labute approximate surface area is 101 Å². The molecule has 2 rings (SSSR count). The lowest BCUT2D eigenvalue weighted by molar-refractivity contribution is 0.00140. The highest BCUT2D eigenvalue weighted by Crippen LogP contribution is 2.58. The quantitative estimate of drug-likeness (QED) is 0.658. The smallest absolute Gasteiger partial charge is 0.0218 e. The molecule has 1 nitrogen and oxygen atoms in total. The third-order valence-corrected chi connectivity index (χ3v) is 4.76. The zero-order valence-electron chi connectivity index (χ0n) is 12.0. The van der Waals surface area contributed by atoms with Crippen LogP contribution >= 0.6 is 0 Å². The van der Waals surface area contributed by atoms with Gasteiger partial charge in [0.15, 0.2) is 0 Å². The summed E-state index contributed by atoms with van der Waals surface area (Å²) in [6.45, 7) is 15.8. The number of hydrogen-bond donors (Lipinski definition) is 1. The highest BCUT2D eigenvalue weighted by atomic mass is 15.1. The van der Waals surface area contributed by atoms with Gasteiger partial charge in [-0.1, -0.05) is 41.5 Å². The molecule has 1 saturated carbocycles. The third-order valence-electron chi connectivity index (χ3n) is 4.76. The van der Waals surface area contributed by atoms with Crippen molar-refractivity contribution in [2.24, 2.45) is 22.7 Å². The van der Waals surface area contributed by atoms with Crippen LogP contribution in [0, 0.1) is 22.7 Å². The molecule has 1 spiro atoms. The number of nitrogens with one attached hydrogen (secondary N) is 1. The maximum Gasteiger partial charge on any atom is 0.0218 e. The summed E-state index contributed by atoms with van der Waals surface area (Å²) >= 11 is 0. The second-order valence-corrected chi connectivity index (χ2v) is 8.19. The van der Waals surface area contributed by atoms with E-state index in [0.717, 1.165) is 11.8 Å². The van der Waals surface area contributed by atoms with Crippen molar-refractivity contribution in [3.05, 3.63) is 0 Å². The van der Waals surface area contributed by atoms with Crippen LogP contribution in [-0.2, 0) is 0 Å². The fourth-order valence-corrected chi connectivity index (χ4v) is 4.13. The van der Waals surface area contributed by atoms with Gasteiger partial charge in [-0.05, 0) is 48.5 Å². The van der Waals surface area contributed by atoms with Crippen molar-refractivity contribution < 1.29 is 0 Å². The van der Waals surface area contributed by atoms with Crippen LogP contribution in [0.2, 0.25) is 0 Å². The van der Waals surface area contributed by atoms with Crippen LogP contribution < -0.4 is 5.32 Å². The van der Waals surface area contributed by atoms with E-state index >= 15 is 0 Å². The highest BCUT2D eigenvalue weighted by Gasteiger charge is 2.58. The second kappa shape index (κ2) is 3.48. The van der Waals surface area contributed by atoms with Crippen molar-refractivity contribution in [3.63, 3.8) is 0 Å². The molecule has 16 heavy (non-hydrogen) atoms. The largest absolute Gasteiger partial charge is 0.311 e. The van der Waals surface area contributed by atoms with E-state index in [9.17, 15) is 0 Å². The van der Waals surface area contributed by atoms with Crippen molar-refractivity contribution in [2.75, 3.05) is 6.54 Å². The SMILES string of the molecule is CC(C)(C)C1CCNC2(CC2)C1C(C)(C)C. The minimum atomic E-state index is 0.432. The van der Waals surface area contributed by atoms with Gasteiger partial charge in [-0.3, -0.25) is 0 Å². The van der Waals surface area contributed by atoms with Crippen LogP contribution in [0.3, 0.4) is 0 Å². The van der Waals surface area contributed by atoms with Crippen molar-refractivity contribution >= 4 is 0 Å². The zero-order chi connectivity index (χ0) is 12.2. The molecule has 1 N–H and O–H groups in total. The Bertz CT molecular complexity index is 262. The van der Waals surface area contributed by atoms with E-state index in [1.807, 2.05) is 0 Å². The van der Waals surface area contributed by atoms with Gasteiger partial charge in [-0.2, -0.15) is 0 Å². The van der Waals surface area contributed by atoms with E-state index in [1.165, 1.54) is 25.8 Å². The van der Waals surface area contributed by atoms with E-state index < -0.39 is 0 Å². The molecule has 0 aromatic heterocycles. The topological polar surface area (TPSA) is 12.0 Å². The summed E-state index contributed by atoms with van der Waals surface area (Å²) in [6.07, 6.45) is 4.16. The van der Waals surface area contributed by atoms with Gasteiger partial charge in [-0.25, -0.2) is 0 Å². The predicted molar refractivity (Wildman–Crippen MR) is 70.5 cm³/mol. The minimum absolute atomic E-state index is 0.432. The lowest BCUT2D eigenvalue weighted by Gasteiger charge is -2.51. The van der Waals surface area contributed by atoms with E-state index in [1.54, 1.807) is 0 Å². The average molecular weight is 223 g/mol. The monoisotopic (exact) mass is 223 g/mol. The van der Waals surface area contributed by atoms with Crippen LogP contribution in [0.1, 0.15) is 60.8 Å². The van der Waals surface area contributed by atoms with Gasteiger partial charge in [0.05, 0.1) is 0 Å². The van der Waals surface area contributed by atoms with Crippen molar-refractivity contribution in [1.29, 1.82) is 0 Å². The van der Waals surface area contributed by atoms with Crippen molar-refractivity contribution in [2.45, 2.75) is 66.3 Å². The third kappa shape index (κ3) is 2.03. The fourth-order valence-electron chi connectivity index (χ4n) is 4.13. The molecule has 1 aliphatic carbocycles. The molecule has 1 heteroatoms. The maximum atomic E-state index is 3.83. The van der Waals surface area contributed by atoms with Gasteiger partial charge in [-0.15, -0.1) is 0 Å². The Morgan fingerprint density at radius 2 is 1.50 bits per heavy atom. The van der Waals surface area contributed by atoms with E-state index in [-0.39, 0.29) is 0 Å². The summed E-state index contributed by atoms with van der Waals surface area (Å²) in [4.78, 5) is 0. The summed E-state index contributed by atoms with van der Waals surface area (Å²) in [5, 5.41) is 3.83. The molecular weight excluding hydrogens is 194 g/mol. The minimum Gasteiger partial charge on any atom is -0.311 e. The van der Waals surface area contributed by atoms with Gasteiger partial charge < -0.3 is 5.32 Å². The lowest BCUT2D eigenvalue weighted by Crippen LogP contribution is -2.55. The molecule has 0 aromatic rings. The first kappa shape index (κ1) is 12.4. The molecule has 1 heterocycles. The molecule has 2 aliphatic rings. The number of piperidine rings is 1. The fraction of sp³-hybridized carbons (Fsp3) is 1.00. The van der Waals surface area contributed by atoms with Gasteiger partial charge in [0.2, 0.25) is 0 Å². The second-order valence-electron chi connectivity index (χ2n) is 8.19. The summed E-state index contributed by atoms with van der Waals surface area (Å²) < 4.78 is 0. The maximum absolute atomic E-state index is 3.83. The van der Waals surface area contributed by atoms with Gasteiger partial charge in [0.25, 0.3) is 0 Å². The highest BCUT2D eigenvalue weighted by molar-refractivity contribution is 5.14. The molecule has 0 aromatic carbocycles. The molecule has 2 fully saturated rings. The molecular formula is C15H29N.